The first kappa shape index (κ1) is 16.4. The Morgan fingerprint density at radius 2 is 1.68 bits per heavy atom. The van der Waals surface area contributed by atoms with E-state index in [1.807, 2.05) is 67.6 Å². The molecule has 0 aliphatic carbocycles. The van der Waals surface area contributed by atoms with Gasteiger partial charge in [0, 0.05) is 17.4 Å². The van der Waals surface area contributed by atoms with E-state index in [0.717, 1.165) is 11.1 Å². The van der Waals surface area contributed by atoms with E-state index in [1.54, 1.807) is 18.3 Å². The molecule has 0 bridgehead atoms. The summed E-state index contributed by atoms with van der Waals surface area (Å²) in [6.45, 7) is 1.98. The van der Waals surface area contributed by atoms with Crippen LogP contribution in [0.25, 0.3) is 0 Å². The lowest BCUT2D eigenvalue weighted by Crippen LogP contribution is -2.13. The van der Waals surface area contributed by atoms with Gasteiger partial charge in [0.2, 0.25) is 0 Å². The fourth-order valence-corrected chi connectivity index (χ4v) is 2.21. The summed E-state index contributed by atoms with van der Waals surface area (Å²) in [6.07, 6.45) is 1.01. The Hall–Kier alpha value is -3.47. The Morgan fingerprint density at radius 1 is 0.960 bits per heavy atom. The van der Waals surface area contributed by atoms with Gasteiger partial charge in [-0.3, -0.25) is 15.1 Å². The molecule has 1 amide bonds. The van der Waals surface area contributed by atoms with Crippen molar-refractivity contribution < 1.29 is 9.63 Å². The molecule has 0 aliphatic heterocycles. The molecule has 124 valence electrons. The van der Waals surface area contributed by atoms with E-state index in [4.69, 9.17) is 4.84 Å². The van der Waals surface area contributed by atoms with Crippen LogP contribution in [0.5, 0.6) is 0 Å². The van der Waals surface area contributed by atoms with Crippen LogP contribution in [-0.4, -0.2) is 16.8 Å². The highest BCUT2D eigenvalue weighted by Gasteiger charge is 2.10. The Bertz CT molecular complexity index is 819. The molecule has 1 N–H and O–H groups in total. The number of amides is 1. The molecule has 5 nitrogen and oxygen atoms in total. The average Bonchev–Trinajstić information content (AvgIpc) is 2.66. The molecule has 0 spiro atoms. The number of oxime groups is 1. The van der Waals surface area contributed by atoms with Crippen molar-refractivity contribution in [1.82, 2.24) is 4.98 Å². The van der Waals surface area contributed by atoms with Crippen LogP contribution in [0.3, 0.4) is 0 Å². The van der Waals surface area contributed by atoms with Crippen molar-refractivity contribution in [3.63, 3.8) is 0 Å². The number of aromatic nitrogens is 1. The summed E-state index contributed by atoms with van der Waals surface area (Å²) in [5.41, 5.74) is 3.67. The second kappa shape index (κ2) is 7.88. The molecule has 3 aromatic rings. The molecule has 2 aromatic carbocycles. The van der Waals surface area contributed by atoms with E-state index >= 15 is 0 Å². The van der Waals surface area contributed by atoms with Gasteiger partial charge < -0.3 is 0 Å². The number of hydrogen-bond acceptors (Lipinski definition) is 4. The number of carbonyl (C=O) groups excluding carboxylic acids is 1. The Balaban J connectivity index is 1.79. The summed E-state index contributed by atoms with van der Waals surface area (Å²) in [6, 6.07) is 22.4. The van der Waals surface area contributed by atoms with E-state index in [1.165, 1.54) is 0 Å². The lowest BCUT2D eigenvalue weighted by Gasteiger charge is -2.07. The minimum Gasteiger partial charge on any atom is -0.297 e. The van der Waals surface area contributed by atoms with Crippen LogP contribution in [0.4, 0.5) is 10.5 Å². The first-order valence-corrected chi connectivity index (χ1v) is 7.82. The molecule has 1 heterocycles. The molecule has 0 saturated heterocycles. The van der Waals surface area contributed by atoms with Crippen molar-refractivity contribution in [3.05, 3.63) is 95.8 Å². The number of anilines is 1. The van der Waals surface area contributed by atoms with E-state index < -0.39 is 6.09 Å². The van der Waals surface area contributed by atoms with Crippen LogP contribution in [0.2, 0.25) is 0 Å². The molecule has 0 aliphatic rings. The Labute approximate surface area is 146 Å². The largest absolute Gasteiger partial charge is 0.437 e. The molecule has 0 saturated carbocycles. The summed E-state index contributed by atoms with van der Waals surface area (Å²) >= 11 is 0. The average molecular weight is 331 g/mol. The predicted octanol–water partition coefficient (Wildman–Crippen LogP) is 4.39. The number of hydrogen-bond donors (Lipinski definition) is 1. The first-order chi connectivity index (χ1) is 12.2. The van der Waals surface area contributed by atoms with Gasteiger partial charge in [-0.05, 0) is 31.2 Å². The molecule has 25 heavy (non-hydrogen) atoms. The third-order valence-corrected chi connectivity index (χ3v) is 3.47. The smallest absolute Gasteiger partial charge is 0.297 e. The number of nitrogens with zero attached hydrogens (tertiary/aromatic N) is 2. The van der Waals surface area contributed by atoms with Crippen LogP contribution in [0.15, 0.2) is 84.1 Å². The molecule has 0 unspecified atom stereocenters. The fraction of sp³-hybridized carbons (Fsp3) is 0.0500. The van der Waals surface area contributed by atoms with E-state index in [0.29, 0.717) is 17.1 Å². The van der Waals surface area contributed by atoms with Crippen LogP contribution >= 0.6 is 0 Å². The van der Waals surface area contributed by atoms with Gasteiger partial charge in [-0.15, -0.1) is 0 Å². The van der Waals surface area contributed by atoms with Crippen LogP contribution < -0.4 is 5.32 Å². The lowest BCUT2D eigenvalue weighted by molar-refractivity contribution is 0.166. The monoisotopic (exact) mass is 331 g/mol. The standard InChI is InChI=1S/C20H17N3O2/c1-15-10-12-17(13-11-15)22-20(24)25-23-19(16-7-3-2-4-8-16)18-9-5-6-14-21-18/h2-14H,1H3,(H,22,24)/b23-19-. The first-order valence-electron chi connectivity index (χ1n) is 7.82. The summed E-state index contributed by atoms with van der Waals surface area (Å²) in [7, 11) is 0. The third kappa shape index (κ3) is 4.51. The Kier molecular flexibility index (Phi) is 5.16. The van der Waals surface area contributed by atoms with E-state index in [2.05, 4.69) is 15.5 Å². The van der Waals surface area contributed by atoms with E-state index in [9.17, 15) is 4.79 Å². The Morgan fingerprint density at radius 3 is 2.36 bits per heavy atom. The van der Waals surface area contributed by atoms with Gasteiger partial charge in [0.05, 0.1) is 5.69 Å². The number of pyridine rings is 1. The van der Waals surface area contributed by atoms with Gasteiger partial charge >= 0.3 is 6.09 Å². The summed E-state index contributed by atoms with van der Waals surface area (Å²) in [5.74, 6) is 0. The zero-order valence-electron chi connectivity index (χ0n) is 13.7. The molecule has 1 aromatic heterocycles. The number of rotatable bonds is 4. The van der Waals surface area contributed by atoms with Gasteiger partial charge in [-0.2, -0.15) is 0 Å². The van der Waals surface area contributed by atoms with Crippen LogP contribution in [-0.2, 0) is 4.84 Å². The van der Waals surface area contributed by atoms with E-state index in [-0.39, 0.29) is 0 Å². The number of carbonyl (C=O) groups is 1. The normalized spacial score (nSPS) is 11.0. The third-order valence-electron chi connectivity index (χ3n) is 3.47. The van der Waals surface area contributed by atoms with Crippen molar-refractivity contribution in [2.45, 2.75) is 6.92 Å². The number of benzene rings is 2. The maximum absolute atomic E-state index is 12.0. The van der Waals surface area contributed by atoms with Crippen molar-refractivity contribution in [3.8, 4) is 0 Å². The molecule has 0 fully saturated rings. The maximum atomic E-state index is 12.0. The number of aryl methyl sites for hydroxylation is 1. The van der Waals surface area contributed by atoms with Gasteiger partial charge in [-0.1, -0.05) is 59.3 Å². The molecule has 0 radical (unpaired) electrons. The van der Waals surface area contributed by atoms with Gasteiger partial charge in [-0.25, -0.2) is 4.79 Å². The van der Waals surface area contributed by atoms with Crippen molar-refractivity contribution in [2.24, 2.45) is 5.16 Å². The minimum absolute atomic E-state index is 0.486. The van der Waals surface area contributed by atoms with Crippen LogP contribution in [0.1, 0.15) is 16.8 Å². The summed E-state index contributed by atoms with van der Waals surface area (Å²) in [5, 5.41) is 6.66. The second-order valence-electron chi connectivity index (χ2n) is 5.39. The summed E-state index contributed by atoms with van der Waals surface area (Å²) < 4.78 is 0. The molecule has 5 heteroatoms. The summed E-state index contributed by atoms with van der Waals surface area (Å²) in [4.78, 5) is 21.3. The van der Waals surface area contributed by atoms with Crippen LogP contribution in [0, 0.1) is 6.92 Å². The van der Waals surface area contributed by atoms with Crippen molar-refractivity contribution in [1.29, 1.82) is 0 Å². The predicted molar refractivity (Wildman–Crippen MR) is 97.6 cm³/mol. The maximum Gasteiger partial charge on any atom is 0.437 e. The highest BCUT2D eigenvalue weighted by atomic mass is 16.7. The highest BCUT2D eigenvalue weighted by Crippen LogP contribution is 2.11. The minimum atomic E-state index is -0.659. The second-order valence-corrected chi connectivity index (χ2v) is 5.39. The fourth-order valence-electron chi connectivity index (χ4n) is 2.21. The molecular weight excluding hydrogens is 314 g/mol. The van der Waals surface area contributed by atoms with Gasteiger partial charge in [0.25, 0.3) is 0 Å². The van der Waals surface area contributed by atoms with Crippen molar-refractivity contribution in [2.75, 3.05) is 5.32 Å². The topological polar surface area (TPSA) is 63.6 Å². The quantitative estimate of drug-likeness (QED) is 0.438. The SMILES string of the molecule is Cc1ccc(NC(=O)O/N=C(/c2ccccc2)c2ccccn2)cc1. The van der Waals surface area contributed by atoms with Gasteiger partial charge in [0.15, 0.2) is 0 Å². The number of nitrogens with one attached hydrogen (secondary N) is 1. The zero-order chi connectivity index (χ0) is 17.5. The molecule has 3 rings (SSSR count). The van der Waals surface area contributed by atoms with Gasteiger partial charge in [0.1, 0.15) is 5.71 Å². The zero-order valence-corrected chi connectivity index (χ0v) is 13.7. The molecular formula is C20H17N3O2. The highest BCUT2D eigenvalue weighted by molar-refractivity contribution is 6.11. The molecule has 0 atom stereocenters. The lowest BCUT2D eigenvalue weighted by atomic mass is 10.1. The van der Waals surface area contributed by atoms with Crippen molar-refractivity contribution >= 4 is 17.5 Å².